The summed E-state index contributed by atoms with van der Waals surface area (Å²) in [6, 6.07) is 4.86. The zero-order chi connectivity index (χ0) is 14.6. The smallest absolute Gasteiger partial charge is 0.389 e. The van der Waals surface area contributed by atoms with Crippen LogP contribution in [0.1, 0.15) is 31.9 Å². The zero-order valence-corrected chi connectivity index (χ0v) is 12.4. The average Bonchev–Trinajstić information content (AvgIpc) is 2.26. The van der Waals surface area contributed by atoms with E-state index < -0.39 is 18.8 Å². The van der Waals surface area contributed by atoms with Crippen LogP contribution in [0.3, 0.4) is 0 Å². The van der Waals surface area contributed by atoms with Crippen molar-refractivity contribution in [2.45, 2.75) is 32.5 Å². The number of aliphatic hydroxyl groups is 1. The number of hydrogen-bond acceptors (Lipinski definition) is 2. The second-order valence-electron chi connectivity index (χ2n) is 4.42. The minimum Gasteiger partial charge on any atom is -0.389 e. The van der Waals surface area contributed by atoms with Crippen LogP contribution in [0.2, 0.25) is 0 Å². The number of nitrogens with zero attached hydrogens (tertiary/aromatic N) is 1. The first-order chi connectivity index (χ1) is 8.74. The maximum Gasteiger partial charge on any atom is 0.405 e. The first-order valence-corrected chi connectivity index (χ1v) is 6.83. The van der Waals surface area contributed by atoms with Crippen molar-refractivity contribution in [1.29, 1.82) is 0 Å². The van der Waals surface area contributed by atoms with Crippen molar-refractivity contribution in [3.63, 3.8) is 0 Å². The van der Waals surface area contributed by atoms with Gasteiger partial charge in [-0.1, -0.05) is 28.9 Å². The summed E-state index contributed by atoms with van der Waals surface area (Å²) in [5, 5.41) is 9.50. The van der Waals surface area contributed by atoms with E-state index in [1.165, 1.54) is 4.90 Å². The molecule has 1 rings (SSSR count). The summed E-state index contributed by atoms with van der Waals surface area (Å²) in [6.45, 7) is 2.81. The topological polar surface area (TPSA) is 23.5 Å². The van der Waals surface area contributed by atoms with Crippen molar-refractivity contribution < 1.29 is 18.3 Å². The van der Waals surface area contributed by atoms with Crippen LogP contribution >= 0.6 is 15.9 Å². The third kappa shape index (κ3) is 5.03. The van der Waals surface area contributed by atoms with E-state index in [-0.39, 0.29) is 0 Å². The summed E-state index contributed by atoms with van der Waals surface area (Å²) in [7, 11) is 0. The number of alkyl halides is 3. The van der Waals surface area contributed by atoms with Gasteiger partial charge in [-0.25, -0.2) is 0 Å². The van der Waals surface area contributed by atoms with Crippen LogP contribution in [0, 0.1) is 0 Å². The standard InChI is InChI=1S/C13H17BrF3NO/c1-3-6-18(8-13(15,16)17)10-4-5-11(9(2)19)12(14)7-10/h4-5,7,9,19H,3,6,8H2,1-2H3/t9-/m0/s1. The van der Waals surface area contributed by atoms with Gasteiger partial charge in [0.25, 0.3) is 0 Å². The van der Waals surface area contributed by atoms with Gasteiger partial charge in [-0.15, -0.1) is 0 Å². The SMILES string of the molecule is CCCN(CC(F)(F)F)c1ccc([C@H](C)O)c(Br)c1. The second kappa shape index (κ2) is 6.61. The molecule has 6 heteroatoms. The van der Waals surface area contributed by atoms with Crippen molar-refractivity contribution in [3.05, 3.63) is 28.2 Å². The summed E-state index contributed by atoms with van der Waals surface area (Å²) in [5.74, 6) is 0. The lowest BCUT2D eigenvalue weighted by Crippen LogP contribution is -2.34. The molecule has 1 aromatic carbocycles. The van der Waals surface area contributed by atoms with Crippen molar-refractivity contribution >= 4 is 21.6 Å². The van der Waals surface area contributed by atoms with E-state index in [0.29, 0.717) is 28.7 Å². The number of aliphatic hydroxyl groups excluding tert-OH is 1. The molecule has 1 N–H and O–H groups in total. The molecular formula is C13H17BrF3NO. The maximum atomic E-state index is 12.5. The Balaban J connectivity index is 3.00. The van der Waals surface area contributed by atoms with E-state index in [2.05, 4.69) is 15.9 Å². The minimum absolute atomic E-state index is 0.333. The molecule has 0 saturated heterocycles. The molecule has 0 aliphatic rings. The summed E-state index contributed by atoms with van der Waals surface area (Å²) in [5.41, 5.74) is 1.16. The molecular weight excluding hydrogens is 323 g/mol. The number of anilines is 1. The lowest BCUT2D eigenvalue weighted by atomic mass is 10.1. The van der Waals surface area contributed by atoms with Gasteiger partial charge < -0.3 is 10.0 Å². The molecule has 0 saturated carbocycles. The highest BCUT2D eigenvalue weighted by Gasteiger charge is 2.30. The van der Waals surface area contributed by atoms with Gasteiger partial charge >= 0.3 is 6.18 Å². The summed E-state index contributed by atoms with van der Waals surface area (Å²) in [6.07, 6.45) is -4.26. The molecule has 108 valence electrons. The van der Waals surface area contributed by atoms with Gasteiger partial charge in [-0.2, -0.15) is 13.2 Å². The molecule has 0 fully saturated rings. The fourth-order valence-corrected chi connectivity index (χ4v) is 2.54. The zero-order valence-electron chi connectivity index (χ0n) is 10.8. The van der Waals surface area contributed by atoms with Crippen LogP contribution in [-0.4, -0.2) is 24.4 Å². The molecule has 0 spiro atoms. The Labute approximate surface area is 119 Å². The van der Waals surface area contributed by atoms with Crippen LogP contribution in [0.15, 0.2) is 22.7 Å². The summed E-state index contributed by atoms with van der Waals surface area (Å²) < 4.78 is 38.2. The monoisotopic (exact) mass is 339 g/mol. The lowest BCUT2D eigenvalue weighted by molar-refractivity contribution is -0.119. The Morgan fingerprint density at radius 3 is 2.42 bits per heavy atom. The van der Waals surface area contributed by atoms with Gasteiger partial charge in [-0.3, -0.25) is 0 Å². The van der Waals surface area contributed by atoms with Gasteiger partial charge in [0.2, 0.25) is 0 Å². The Kier molecular flexibility index (Phi) is 5.67. The molecule has 0 aliphatic carbocycles. The van der Waals surface area contributed by atoms with Crippen molar-refractivity contribution in [2.24, 2.45) is 0 Å². The van der Waals surface area contributed by atoms with Crippen LogP contribution < -0.4 is 4.90 Å². The highest BCUT2D eigenvalue weighted by molar-refractivity contribution is 9.10. The highest BCUT2D eigenvalue weighted by Crippen LogP contribution is 2.30. The summed E-state index contributed by atoms with van der Waals surface area (Å²) >= 11 is 3.28. The molecule has 0 radical (unpaired) electrons. The van der Waals surface area contributed by atoms with Crippen LogP contribution in [0.5, 0.6) is 0 Å². The van der Waals surface area contributed by atoms with Crippen LogP contribution in [0.25, 0.3) is 0 Å². The molecule has 0 unspecified atom stereocenters. The predicted molar refractivity (Wildman–Crippen MR) is 73.3 cm³/mol. The van der Waals surface area contributed by atoms with E-state index in [1.54, 1.807) is 25.1 Å². The first kappa shape index (κ1) is 16.3. The third-order valence-corrected chi connectivity index (χ3v) is 3.35. The number of hydrogen-bond donors (Lipinski definition) is 1. The van der Waals surface area contributed by atoms with Gasteiger partial charge in [0, 0.05) is 16.7 Å². The van der Waals surface area contributed by atoms with E-state index in [4.69, 9.17) is 0 Å². The molecule has 1 atom stereocenters. The number of rotatable bonds is 5. The molecule has 2 nitrogen and oxygen atoms in total. The van der Waals surface area contributed by atoms with E-state index in [0.717, 1.165) is 0 Å². The van der Waals surface area contributed by atoms with E-state index in [1.807, 2.05) is 6.92 Å². The average molecular weight is 340 g/mol. The van der Waals surface area contributed by atoms with Crippen molar-refractivity contribution in [2.75, 3.05) is 18.0 Å². The van der Waals surface area contributed by atoms with E-state index >= 15 is 0 Å². The Hall–Kier alpha value is -0.750. The van der Waals surface area contributed by atoms with Crippen LogP contribution in [0.4, 0.5) is 18.9 Å². The van der Waals surface area contributed by atoms with Crippen LogP contribution in [-0.2, 0) is 0 Å². The highest BCUT2D eigenvalue weighted by atomic mass is 79.9. The molecule has 19 heavy (non-hydrogen) atoms. The van der Waals surface area contributed by atoms with Gasteiger partial charge in [0.05, 0.1) is 6.10 Å². The Bertz CT molecular complexity index is 421. The molecule has 0 aliphatic heterocycles. The van der Waals surface area contributed by atoms with Gasteiger partial charge in [0.15, 0.2) is 0 Å². The first-order valence-electron chi connectivity index (χ1n) is 6.03. The maximum absolute atomic E-state index is 12.5. The fourth-order valence-electron chi connectivity index (χ4n) is 1.84. The molecule has 0 aromatic heterocycles. The predicted octanol–water partition coefficient (Wildman–Crippen LogP) is 4.28. The van der Waals surface area contributed by atoms with E-state index in [9.17, 15) is 18.3 Å². The number of halogens is 4. The molecule has 0 bridgehead atoms. The normalized spacial score (nSPS) is 13.4. The van der Waals surface area contributed by atoms with Gasteiger partial charge in [-0.05, 0) is 31.0 Å². The quantitative estimate of drug-likeness (QED) is 0.865. The largest absolute Gasteiger partial charge is 0.405 e. The minimum atomic E-state index is -4.23. The summed E-state index contributed by atoms with van der Waals surface area (Å²) in [4.78, 5) is 1.29. The third-order valence-electron chi connectivity index (χ3n) is 2.66. The van der Waals surface area contributed by atoms with Gasteiger partial charge in [0.1, 0.15) is 6.54 Å². The second-order valence-corrected chi connectivity index (χ2v) is 5.27. The Morgan fingerprint density at radius 2 is 2.00 bits per heavy atom. The lowest BCUT2D eigenvalue weighted by Gasteiger charge is -2.26. The fraction of sp³-hybridized carbons (Fsp3) is 0.538. The molecule has 0 amide bonds. The van der Waals surface area contributed by atoms with Crippen molar-refractivity contribution in [1.82, 2.24) is 0 Å². The molecule has 1 aromatic rings. The van der Waals surface area contributed by atoms with Crippen molar-refractivity contribution in [3.8, 4) is 0 Å². The Morgan fingerprint density at radius 1 is 1.37 bits per heavy atom. The number of benzene rings is 1. The molecule has 0 heterocycles.